The Morgan fingerprint density at radius 2 is 2.15 bits per heavy atom. The zero-order valence-electron chi connectivity index (χ0n) is 7.99. The first-order valence-electron chi connectivity index (χ1n) is 4.80. The van der Waals surface area contributed by atoms with Crippen molar-refractivity contribution in [2.24, 2.45) is 11.8 Å². The van der Waals surface area contributed by atoms with Crippen LogP contribution in [-0.2, 0) is 14.3 Å². The van der Waals surface area contributed by atoms with Gasteiger partial charge in [0.2, 0.25) is 0 Å². The van der Waals surface area contributed by atoms with Gasteiger partial charge in [0.25, 0.3) is 0 Å². The van der Waals surface area contributed by atoms with E-state index < -0.39 is 0 Å². The third-order valence-corrected chi connectivity index (χ3v) is 2.80. The SMILES string of the molecule is COC(=O)C[C@@H]1CCCC[C@H]1C=O. The molecule has 3 nitrogen and oxygen atoms in total. The van der Waals surface area contributed by atoms with E-state index in [0.29, 0.717) is 6.42 Å². The van der Waals surface area contributed by atoms with E-state index in [4.69, 9.17) is 0 Å². The zero-order chi connectivity index (χ0) is 9.68. The maximum Gasteiger partial charge on any atom is 0.305 e. The maximum atomic E-state index is 11.0. The minimum Gasteiger partial charge on any atom is -0.469 e. The van der Waals surface area contributed by atoms with Gasteiger partial charge in [0.05, 0.1) is 7.11 Å². The molecule has 3 heteroatoms. The Balaban J connectivity index is 2.44. The summed E-state index contributed by atoms with van der Waals surface area (Å²) in [6, 6.07) is 0. The number of carbonyl (C=O) groups excluding carboxylic acids is 2. The predicted molar refractivity (Wildman–Crippen MR) is 48.1 cm³/mol. The Hall–Kier alpha value is -0.860. The quantitative estimate of drug-likeness (QED) is 0.493. The number of hydrogen-bond acceptors (Lipinski definition) is 3. The molecule has 0 aromatic rings. The van der Waals surface area contributed by atoms with Gasteiger partial charge in [-0.25, -0.2) is 0 Å². The number of ether oxygens (including phenoxy) is 1. The zero-order valence-corrected chi connectivity index (χ0v) is 7.99. The van der Waals surface area contributed by atoms with E-state index in [1.54, 1.807) is 0 Å². The van der Waals surface area contributed by atoms with E-state index in [9.17, 15) is 9.59 Å². The summed E-state index contributed by atoms with van der Waals surface area (Å²) in [5.41, 5.74) is 0. The molecular weight excluding hydrogens is 168 g/mol. The van der Waals surface area contributed by atoms with Crippen molar-refractivity contribution >= 4 is 12.3 Å². The number of aldehydes is 1. The first kappa shape index (κ1) is 10.2. The van der Waals surface area contributed by atoms with Crippen LogP contribution >= 0.6 is 0 Å². The van der Waals surface area contributed by atoms with Crippen molar-refractivity contribution in [2.75, 3.05) is 7.11 Å². The number of rotatable bonds is 3. The molecule has 0 amide bonds. The fourth-order valence-electron chi connectivity index (χ4n) is 1.97. The lowest BCUT2D eigenvalue weighted by Crippen LogP contribution is -2.23. The molecule has 0 unspecified atom stereocenters. The van der Waals surface area contributed by atoms with Crippen molar-refractivity contribution in [3.8, 4) is 0 Å². The van der Waals surface area contributed by atoms with Gasteiger partial charge in [0.1, 0.15) is 6.29 Å². The van der Waals surface area contributed by atoms with Crippen molar-refractivity contribution in [1.82, 2.24) is 0 Å². The lowest BCUT2D eigenvalue weighted by molar-refractivity contribution is -0.142. The van der Waals surface area contributed by atoms with Crippen LogP contribution in [0, 0.1) is 11.8 Å². The lowest BCUT2D eigenvalue weighted by Gasteiger charge is -2.26. The molecule has 1 saturated carbocycles. The van der Waals surface area contributed by atoms with Gasteiger partial charge in [-0.3, -0.25) is 4.79 Å². The molecule has 2 atom stereocenters. The fourth-order valence-corrected chi connectivity index (χ4v) is 1.97. The molecule has 13 heavy (non-hydrogen) atoms. The maximum absolute atomic E-state index is 11.0. The van der Waals surface area contributed by atoms with Crippen LogP contribution < -0.4 is 0 Å². The normalized spacial score (nSPS) is 28.1. The highest BCUT2D eigenvalue weighted by molar-refractivity contribution is 5.70. The molecule has 0 aromatic carbocycles. The van der Waals surface area contributed by atoms with Gasteiger partial charge in [-0.1, -0.05) is 12.8 Å². The van der Waals surface area contributed by atoms with E-state index in [-0.39, 0.29) is 17.8 Å². The Kier molecular flexibility index (Phi) is 3.93. The third kappa shape index (κ3) is 2.83. The summed E-state index contributed by atoms with van der Waals surface area (Å²) in [6.07, 6.45) is 5.56. The summed E-state index contributed by atoms with van der Waals surface area (Å²) in [5, 5.41) is 0. The molecule has 0 aliphatic heterocycles. The van der Waals surface area contributed by atoms with Crippen LogP contribution in [0.2, 0.25) is 0 Å². The van der Waals surface area contributed by atoms with Gasteiger partial charge in [0, 0.05) is 12.3 Å². The number of methoxy groups -OCH3 is 1. The molecule has 0 spiro atoms. The van der Waals surface area contributed by atoms with E-state index in [0.717, 1.165) is 32.0 Å². The highest BCUT2D eigenvalue weighted by Crippen LogP contribution is 2.31. The molecule has 1 aliphatic rings. The minimum absolute atomic E-state index is 0.0767. The second kappa shape index (κ2) is 5.00. The van der Waals surface area contributed by atoms with E-state index in [1.807, 2.05) is 0 Å². The Morgan fingerprint density at radius 1 is 1.46 bits per heavy atom. The largest absolute Gasteiger partial charge is 0.469 e. The molecule has 1 rings (SSSR count). The second-order valence-electron chi connectivity index (χ2n) is 3.62. The third-order valence-electron chi connectivity index (χ3n) is 2.80. The van der Waals surface area contributed by atoms with Crippen LogP contribution in [0.1, 0.15) is 32.1 Å². The van der Waals surface area contributed by atoms with Gasteiger partial charge in [0.15, 0.2) is 0 Å². The fraction of sp³-hybridized carbons (Fsp3) is 0.800. The molecule has 0 radical (unpaired) electrons. The lowest BCUT2D eigenvalue weighted by atomic mass is 9.78. The second-order valence-corrected chi connectivity index (χ2v) is 3.62. The first-order valence-corrected chi connectivity index (χ1v) is 4.80. The summed E-state index contributed by atoms with van der Waals surface area (Å²) in [5.74, 6) is 0.102. The van der Waals surface area contributed by atoms with Crippen molar-refractivity contribution in [2.45, 2.75) is 32.1 Å². The molecule has 1 fully saturated rings. The Morgan fingerprint density at radius 3 is 2.77 bits per heavy atom. The summed E-state index contributed by atoms with van der Waals surface area (Å²) in [4.78, 5) is 21.7. The monoisotopic (exact) mass is 184 g/mol. The smallest absolute Gasteiger partial charge is 0.305 e. The number of carbonyl (C=O) groups is 2. The summed E-state index contributed by atoms with van der Waals surface area (Å²) in [6.45, 7) is 0. The molecule has 0 aromatic heterocycles. The first-order chi connectivity index (χ1) is 6.27. The van der Waals surface area contributed by atoms with Crippen LogP contribution in [0.3, 0.4) is 0 Å². The van der Waals surface area contributed by atoms with Crippen molar-refractivity contribution < 1.29 is 14.3 Å². The van der Waals surface area contributed by atoms with Gasteiger partial charge in [-0.15, -0.1) is 0 Å². The average molecular weight is 184 g/mol. The van der Waals surface area contributed by atoms with Crippen LogP contribution in [0.25, 0.3) is 0 Å². The van der Waals surface area contributed by atoms with Crippen LogP contribution in [0.15, 0.2) is 0 Å². The molecule has 0 N–H and O–H groups in total. The van der Waals surface area contributed by atoms with E-state index in [2.05, 4.69) is 4.74 Å². The molecule has 0 saturated heterocycles. The highest BCUT2D eigenvalue weighted by atomic mass is 16.5. The topological polar surface area (TPSA) is 43.4 Å². The van der Waals surface area contributed by atoms with Crippen LogP contribution in [0.5, 0.6) is 0 Å². The Labute approximate surface area is 78.5 Å². The van der Waals surface area contributed by atoms with Crippen molar-refractivity contribution in [3.63, 3.8) is 0 Å². The highest BCUT2D eigenvalue weighted by Gasteiger charge is 2.26. The Bertz CT molecular complexity index is 189. The van der Waals surface area contributed by atoms with E-state index >= 15 is 0 Å². The predicted octanol–water partition coefficient (Wildman–Crippen LogP) is 1.55. The summed E-state index contributed by atoms with van der Waals surface area (Å²) in [7, 11) is 1.39. The van der Waals surface area contributed by atoms with Crippen molar-refractivity contribution in [1.29, 1.82) is 0 Å². The molecule has 0 heterocycles. The summed E-state index contributed by atoms with van der Waals surface area (Å²) >= 11 is 0. The average Bonchev–Trinajstić information content (AvgIpc) is 2.18. The van der Waals surface area contributed by atoms with E-state index in [1.165, 1.54) is 7.11 Å². The molecule has 1 aliphatic carbocycles. The van der Waals surface area contributed by atoms with Gasteiger partial charge in [-0.05, 0) is 18.8 Å². The van der Waals surface area contributed by atoms with Gasteiger partial charge < -0.3 is 9.53 Å². The van der Waals surface area contributed by atoms with Crippen LogP contribution in [0.4, 0.5) is 0 Å². The minimum atomic E-state index is -0.196. The standard InChI is InChI=1S/C10H16O3/c1-13-10(12)6-8-4-2-3-5-9(8)7-11/h7-9H,2-6H2,1H3/t8-,9-/m0/s1. The van der Waals surface area contributed by atoms with Crippen molar-refractivity contribution in [3.05, 3.63) is 0 Å². The number of hydrogen-bond donors (Lipinski definition) is 0. The van der Waals surface area contributed by atoms with Gasteiger partial charge >= 0.3 is 5.97 Å². The van der Waals surface area contributed by atoms with Crippen LogP contribution in [-0.4, -0.2) is 19.4 Å². The molecular formula is C10H16O3. The number of esters is 1. The molecule has 74 valence electrons. The molecule has 0 bridgehead atoms. The van der Waals surface area contributed by atoms with Gasteiger partial charge in [-0.2, -0.15) is 0 Å². The summed E-state index contributed by atoms with van der Waals surface area (Å²) < 4.78 is 4.59.